The molecule has 1 N–H and O–H groups in total. The maximum absolute atomic E-state index is 11.9. The van der Waals surface area contributed by atoms with Crippen LogP contribution in [0.4, 0.5) is 5.00 Å². The van der Waals surface area contributed by atoms with Crippen molar-refractivity contribution >= 4 is 39.9 Å². The van der Waals surface area contributed by atoms with Crippen molar-refractivity contribution in [2.45, 2.75) is 13.8 Å². The molecule has 0 unspecified atom stereocenters. The Hall–Kier alpha value is -2.09. The smallest absolute Gasteiger partial charge is 0.249 e. The van der Waals surface area contributed by atoms with Gasteiger partial charge in [0.25, 0.3) is 0 Å². The van der Waals surface area contributed by atoms with Gasteiger partial charge in [0.2, 0.25) is 5.91 Å². The van der Waals surface area contributed by atoms with E-state index in [0.717, 1.165) is 16.0 Å². The fraction of sp³-hybridized carbons (Fsp3) is 0.125. The number of rotatable bonds is 3. The van der Waals surface area contributed by atoms with Crippen LogP contribution in [-0.4, -0.2) is 5.91 Å². The zero-order valence-electron chi connectivity index (χ0n) is 11.6. The highest BCUT2D eigenvalue weighted by Gasteiger charge is 2.13. The van der Waals surface area contributed by atoms with Gasteiger partial charge in [0, 0.05) is 16.0 Å². The van der Waals surface area contributed by atoms with Crippen LogP contribution in [0.15, 0.2) is 30.3 Å². The molecule has 0 saturated carbocycles. The van der Waals surface area contributed by atoms with Crippen molar-refractivity contribution in [2.75, 3.05) is 5.32 Å². The summed E-state index contributed by atoms with van der Waals surface area (Å²) >= 11 is 7.42. The Labute approximate surface area is 132 Å². The van der Waals surface area contributed by atoms with Crippen LogP contribution in [0.25, 0.3) is 6.08 Å². The molecule has 0 radical (unpaired) electrons. The second-order valence-corrected chi connectivity index (χ2v) is 6.08. The molecule has 21 heavy (non-hydrogen) atoms. The van der Waals surface area contributed by atoms with Crippen LogP contribution in [0.2, 0.25) is 5.02 Å². The summed E-state index contributed by atoms with van der Waals surface area (Å²) in [5.41, 5.74) is 2.21. The highest BCUT2D eigenvalue weighted by molar-refractivity contribution is 7.16. The van der Waals surface area contributed by atoms with Crippen molar-refractivity contribution in [1.29, 1.82) is 5.26 Å². The van der Waals surface area contributed by atoms with Gasteiger partial charge >= 0.3 is 0 Å². The lowest BCUT2D eigenvalue weighted by Crippen LogP contribution is -2.07. The summed E-state index contributed by atoms with van der Waals surface area (Å²) in [6.07, 6.45) is 3.06. The van der Waals surface area contributed by atoms with E-state index in [9.17, 15) is 4.79 Å². The monoisotopic (exact) mass is 316 g/mol. The van der Waals surface area contributed by atoms with Crippen LogP contribution in [0.5, 0.6) is 0 Å². The number of nitrogens with one attached hydrogen (secondary N) is 1. The molecule has 1 amide bonds. The van der Waals surface area contributed by atoms with Gasteiger partial charge in [-0.15, -0.1) is 11.3 Å². The second kappa shape index (κ2) is 6.57. The Kier molecular flexibility index (Phi) is 4.79. The van der Waals surface area contributed by atoms with Gasteiger partial charge in [0.05, 0.1) is 5.56 Å². The molecule has 0 fully saturated rings. The minimum Gasteiger partial charge on any atom is -0.313 e. The predicted octanol–water partition coefficient (Wildman–Crippen LogP) is 4.54. The lowest BCUT2D eigenvalue weighted by molar-refractivity contribution is -0.111. The van der Waals surface area contributed by atoms with Gasteiger partial charge in [-0.1, -0.05) is 29.8 Å². The molecular weight excluding hydrogens is 304 g/mol. The van der Waals surface area contributed by atoms with Crippen molar-refractivity contribution in [1.82, 2.24) is 0 Å². The third-order valence-corrected chi connectivity index (χ3v) is 4.52. The first-order valence-electron chi connectivity index (χ1n) is 6.26. The molecule has 0 saturated heterocycles. The number of aryl methyl sites for hydroxylation is 1. The molecule has 5 heteroatoms. The van der Waals surface area contributed by atoms with Gasteiger partial charge < -0.3 is 5.32 Å². The molecule has 0 aliphatic carbocycles. The fourth-order valence-electron chi connectivity index (χ4n) is 1.78. The Morgan fingerprint density at radius 3 is 2.76 bits per heavy atom. The Balaban J connectivity index is 2.15. The molecule has 0 aliphatic heterocycles. The predicted molar refractivity (Wildman–Crippen MR) is 87.6 cm³/mol. The van der Waals surface area contributed by atoms with E-state index in [-0.39, 0.29) is 5.91 Å². The van der Waals surface area contributed by atoms with Crippen molar-refractivity contribution < 1.29 is 4.79 Å². The lowest BCUT2D eigenvalue weighted by atomic mass is 10.2. The summed E-state index contributed by atoms with van der Waals surface area (Å²) in [5.74, 6) is -0.285. The zero-order chi connectivity index (χ0) is 15.4. The average molecular weight is 317 g/mol. The van der Waals surface area contributed by atoms with Crippen LogP contribution < -0.4 is 5.32 Å². The first-order chi connectivity index (χ1) is 10.0. The van der Waals surface area contributed by atoms with Crippen LogP contribution in [-0.2, 0) is 4.79 Å². The normalized spacial score (nSPS) is 10.6. The van der Waals surface area contributed by atoms with Crippen molar-refractivity contribution in [3.05, 3.63) is 56.9 Å². The number of anilines is 1. The number of amides is 1. The summed E-state index contributed by atoms with van der Waals surface area (Å²) < 4.78 is 0. The van der Waals surface area contributed by atoms with Crippen LogP contribution in [0.3, 0.4) is 0 Å². The molecule has 1 heterocycles. The maximum Gasteiger partial charge on any atom is 0.249 e. The summed E-state index contributed by atoms with van der Waals surface area (Å²) in [5, 5.41) is 13.0. The highest BCUT2D eigenvalue weighted by Crippen LogP contribution is 2.31. The van der Waals surface area contributed by atoms with E-state index in [1.807, 2.05) is 32.0 Å². The third-order valence-electron chi connectivity index (χ3n) is 3.05. The molecule has 0 spiro atoms. The highest BCUT2D eigenvalue weighted by atomic mass is 35.5. The Morgan fingerprint density at radius 1 is 1.38 bits per heavy atom. The SMILES string of the molecule is Cc1sc(NC(=O)C=Cc2ccccc2Cl)c(C#N)c1C. The number of carbonyl (C=O) groups is 1. The Morgan fingerprint density at radius 2 is 2.10 bits per heavy atom. The molecular formula is C16H13ClN2OS. The third kappa shape index (κ3) is 3.52. The molecule has 1 aromatic carbocycles. The summed E-state index contributed by atoms with van der Waals surface area (Å²) in [6, 6.07) is 9.39. The van der Waals surface area contributed by atoms with Gasteiger partial charge in [-0.25, -0.2) is 0 Å². The van der Waals surface area contributed by atoms with Gasteiger partial charge in [-0.2, -0.15) is 5.26 Å². The summed E-state index contributed by atoms with van der Waals surface area (Å²) in [4.78, 5) is 13.0. The first kappa shape index (κ1) is 15.3. The molecule has 2 aromatic rings. The number of nitrogens with zero attached hydrogens (tertiary/aromatic N) is 1. The van der Waals surface area contributed by atoms with E-state index < -0.39 is 0 Å². The molecule has 0 aliphatic rings. The number of halogens is 1. The molecule has 0 atom stereocenters. The number of carbonyl (C=O) groups excluding carboxylic acids is 1. The average Bonchev–Trinajstić information content (AvgIpc) is 2.72. The number of thiophene rings is 1. The molecule has 106 valence electrons. The molecule has 0 bridgehead atoms. The number of hydrogen-bond acceptors (Lipinski definition) is 3. The van der Waals surface area contributed by atoms with E-state index in [4.69, 9.17) is 16.9 Å². The topological polar surface area (TPSA) is 52.9 Å². The van der Waals surface area contributed by atoms with Gasteiger partial charge in [0.15, 0.2) is 0 Å². The van der Waals surface area contributed by atoms with E-state index in [2.05, 4.69) is 11.4 Å². The first-order valence-corrected chi connectivity index (χ1v) is 7.46. The fourth-order valence-corrected chi connectivity index (χ4v) is 2.99. The molecule has 3 nitrogen and oxygen atoms in total. The standard InChI is InChI=1S/C16H13ClN2OS/c1-10-11(2)21-16(13(10)9-18)19-15(20)8-7-12-5-3-4-6-14(12)17/h3-8H,1-2H3,(H,19,20). The summed E-state index contributed by atoms with van der Waals surface area (Å²) in [6.45, 7) is 3.80. The lowest BCUT2D eigenvalue weighted by Gasteiger charge is -2.00. The van der Waals surface area contributed by atoms with Crippen molar-refractivity contribution in [3.8, 4) is 6.07 Å². The second-order valence-electron chi connectivity index (χ2n) is 4.44. The van der Waals surface area contributed by atoms with E-state index >= 15 is 0 Å². The van der Waals surface area contributed by atoms with Crippen LogP contribution in [0.1, 0.15) is 21.6 Å². The molecule has 1 aromatic heterocycles. The quantitative estimate of drug-likeness (QED) is 0.845. The van der Waals surface area contributed by atoms with E-state index in [1.165, 1.54) is 17.4 Å². The van der Waals surface area contributed by atoms with Crippen molar-refractivity contribution in [3.63, 3.8) is 0 Å². The minimum atomic E-state index is -0.285. The number of hydrogen-bond donors (Lipinski definition) is 1. The van der Waals surface area contributed by atoms with Crippen LogP contribution >= 0.6 is 22.9 Å². The number of benzene rings is 1. The zero-order valence-corrected chi connectivity index (χ0v) is 13.2. The Bertz CT molecular complexity index is 756. The minimum absolute atomic E-state index is 0.285. The largest absolute Gasteiger partial charge is 0.313 e. The number of nitriles is 1. The maximum atomic E-state index is 11.9. The van der Waals surface area contributed by atoms with Crippen molar-refractivity contribution in [2.24, 2.45) is 0 Å². The summed E-state index contributed by atoms with van der Waals surface area (Å²) in [7, 11) is 0. The van der Waals surface area contributed by atoms with E-state index in [1.54, 1.807) is 12.1 Å². The van der Waals surface area contributed by atoms with E-state index in [0.29, 0.717) is 15.6 Å². The van der Waals surface area contributed by atoms with Gasteiger partial charge in [-0.05, 0) is 37.1 Å². The van der Waals surface area contributed by atoms with Crippen LogP contribution in [0, 0.1) is 25.2 Å². The van der Waals surface area contributed by atoms with Gasteiger partial charge in [0.1, 0.15) is 11.1 Å². The molecule has 2 rings (SSSR count). The van der Waals surface area contributed by atoms with Gasteiger partial charge in [-0.3, -0.25) is 4.79 Å².